The number of hydrogen-bond acceptors (Lipinski definition) is 6. The van der Waals surface area contributed by atoms with E-state index in [1.807, 2.05) is 0 Å². The Labute approximate surface area is 264 Å². The normalized spacial score (nSPS) is 24.8. The number of imide groups is 1. The Morgan fingerprint density at radius 2 is 1.61 bits per heavy atom. The predicted octanol–water partition coefficient (Wildman–Crippen LogP) is 4.61. The summed E-state index contributed by atoms with van der Waals surface area (Å²) in [4.78, 5) is 69.9. The number of carbonyl (C=O) groups is 5. The molecule has 2 fully saturated rings. The average molecular weight is 643 g/mol. The third-order valence-electron chi connectivity index (χ3n) is 9.43. The molecule has 6 rings (SSSR count). The lowest BCUT2D eigenvalue weighted by molar-refractivity contribution is -0.153. The van der Waals surface area contributed by atoms with Gasteiger partial charge in [-0.05, 0) is 43.0 Å². The van der Waals surface area contributed by atoms with Crippen LogP contribution in [0.2, 0.25) is 10.0 Å². The predicted molar refractivity (Wildman–Crippen MR) is 161 cm³/mol. The van der Waals surface area contributed by atoms with E-state index in [-0.39, 0.29) is 47.2 Å². The zero-order valence-electron chi connectivity index (χ0n) is 24.3. The Bertz CT molecular complexity index is 1530. The molecule has 0 radical (unpaired) electrons. The molecule has 4 amide bonds. The molecule has 0 bridgehead atoms. The molecule has 1 N–H and O–H groups in total. The Morgan fingerprint density at radius 1 is 0.955 bits per heavy atom. The number of ether oxygens (including phenoxy) is 1. The van der Waals surface area contributed by atoms with Crippen LogP contribution in [0.4, 0.5) is 0 Å². The van der Waals surface area contributed by atoms with Crippen molar-refractivity contribution in [1.29, 1.82) is 0 Å². The van der Waals surface area contributed by atoms with Gasteiger partial charge in [-0.2, -0.15) is 0 Å². The second-order valence-electron chi connectivity index (χ2n) is 12.0. The highest BCUT2D eigenvalue weighted by Crippen LogP contribution is 2.47. The highest BCUT2D eigenvalue weighted by molar-refractivity contribution is 6.36. The van der Waals surface area contributed by atoms with E-state index >= 15 is 0 Å². The molecule has 2 aromatic carbocycles. The van der Waals surface area contributed by atoms with Gasteiger partial charge in [0.15, 0.2) is 0 Å². The number of halogens is 2. The molecule has 232 valence electrons. The first-order valence-corrected chi connectivity index (χ1v) is 15.7. The molecular formula is C32H33Cl2N3O7. The molecule has 10 nitrogen and oxygen atoms in total. The highest BCUT2D eigenvalue weighted by Gasteiger charge is 2.46. The van der Waals surface area contributed by atoms with Crippen LogP contribution in [0, 0.1) is 11.8 Å². The SMILES string of the molecule is CC(=O)N1CCC(Oc2c(Cl)cc(Cl)c3c2[C@@H](CN2C(=O)c4ccccc4C2=O)N(C(=O)[C@@H]2CCCC[C@@H]2C(=O)O)CC3)C1. The minimum atomic E-state index is -1.01. The molecule has 1 unspecified atom stereocenters. The lowest BCUT2D eigenvalue weighted by Gasteiger charge is -2.43. The summed E-state index contributed by atoms with van der Waals surface area (Å²) in [6, 6.07) is 7.26. The fourth-order valence-electron chi connectivity index (χ4n) is 7.17. The van der Waals surface area contributed by atoms with Gasteiger partial charge in [0.05, 0.1) is 47.1 Å². The Morgan fingerprint density at radius 3 is 2.23 bits per heavy atom. The van der Waals surface area contributed by atoms with E-state index in [0.717, 1.165) is 17.7 Å². The van der Waals surface area contributed by atoms with Crippen LogP contribution in [-0.2, 0) is 20.8 Å². The molecule has 0 aromatic heterocycles. The topological polar surface area (TPSA) is 125 Å². The van der Waals surface area contributed by atoms with Gasteiger partial charge >= 0.3 is 5.97 Å². The molecule has 1 aliphatic carbocycles. The van der Waals surface area contributed by atoms with E-state index in [0.29, 0.717) is 60.7 Å². The summed E-state index contributed by atoms with van der Waals surface area (Å²) >= 11 is 13.5. The van der Waals surface area contributed by atoms with Gasteiger partial charge in [0.1, 0.15) is 11.9 Å². The van der Waals surface area contributed by atoms with Gasteiger partial charge in [0.2, 0.25) is 11.8 Å². The lowest BCUT2D eigenvalue weighted by Crippen LogP contribution is -2.50. The van der Waals surface area contributed by atoms with Crippen LogP contribution in [0.3, 0.4) is 0 Å². The number of amides is 4. The average Bonchev–Trinajstić information content (AvgIpc) is 3.58. The third kappa shape index (κ3) is 5.32. The van der Waals surface area contributed by atoms with E-state index < -0.39 is 35.7 Å². The van der Waals surface area contributed by atoms with Gasteiger partial charge in [-0.3, -0.25) is 28.9 Å². The summed E-state index contributed by atoms with van der Waals surface area (Å²) in [7, 11) is 0. The van der Waals surface area contributed by atoms with Gasteiger partial charge in [-0.1, -0.05) is 48.2 Å². The van der Waals surface area contributed by atoms with E-state index in [2.05, 4.69) is 0 Å². The number of fused-ring (bicyclic) bond motifs is 2. The molecule has 1 saturated heterocycles. The minimum absolute atomic E-state index is 0.0685. The highest BCUT2D eigenvalue weighted by atomic mass is 35.5. The van der Waals surface area contributed by atoms with E-state index in [9.17, 15) is 29.1 Å². The maximum atomic E-state index is 14.3. The molecule has 1 saturated carbocycles. The summed E-state index contributed by atoms with van der Waals surface area (Å²) in [6.45, 7) is 2.40. The number of likely N-dealkylation sites (tertiary alicyclic amines) is 1. The molecule has 3 aliphatic heterocycles. The van der Waals surface area contributed by atoms with Crippen LogP contribution in [0.5, 0.6) is 5.75 Å². The number of carboxylic acid groups (broad SMARTS) is 1. The Hall–Kier alpha value is -3.63. The van der Waals surface area contributed by atoms with Crippen LogP contribution < -0.4 is 4.74 Å². The number of nitrogens with zero attached hydrogens (tertiary/aromatic N) is 3. The zero-order valence-corrected chi connectivity index (χ0v) is 25.8. The summed E-state index contributed by atoms with van der Waals surface area (Å²) in [5.41, 5.74) is 1.75. The summed E-state index contributed by atoms with van der Waals surface area (Å²) in [5.74, 6) is -3.65. The smallest absolute Gasteiger partial charge is 0.307 e. The van der Waals surface area contributed by atoms with E-state index in [1.165, 1.54) is 6.92 Å². The van der Waals surface area contributed by atoms with Crippen molar-refractivity contribution in [3.8, 4) is 5.75 Å². The van der Waals surface area contributed by atoms with Crippen LogP contribution in [0.1, 0.15) is 76.9 Å². The van der Waals surface area contributed by atoms with Crippen molar-refractivity contribution in [1.82, 2.24) is 14.7 Å². The molecule has 44 heavy (non-hydrogen) atoms. The molecule has 4 aliphatic rings. The number of benzene rings is 2. The molecule has 4 atom stereocenters. The summed E-state index contributed by atoms with van der Waals surface area (Å²) < 4.78 is 6.48. The Balaban J connectivity index is 1.43. The molecule has 0 spiro atoms. The molecule has 3 heterocycles. The number of aliphatic carboxylic acids is 1. The second-order valence-corrected chi connectivity index (χ2v) is 12.8. The maximum Gasteiger partial charge on any atom is 0.307 e. The minimum Gasteiger partial charge on any atom is -0.487 e. The van der Waals surface area contributed by atoms with Crippen molar-refractivity contribution in [3.05, 3.63) is 62.6 Å². The van der Waals surface area contributed by atoms with Gasteiger partial charge < -0.3 is 19.6 Å². The van der Waals surface area contributed by atoms with Gasteiger partial charge in [0, 0.05) is 37.0 Å². The van der Waals surface area contributed by atoms with Crippen LogP contribution in [-0.4, -0.2) is 81.7 Å². The van der Waals surface area contributed by atoms with Crippen molar-refractivity contribution in [3.63, 3.8) is 0 Å². The number of carbonyl (C=O) groups excluding carboxylic acids is 4. The monoisotopic (exact) mass is 641 g/mol. The van der Waals surface area contributed by atoms with E-state index in [4.69, 9.17) is 27.9 Å². The van der Waals surface area contributed by atoms with Gasteiger partial charge in [0.25, 0.3) is 11.8 Å². The second kappa shape index (κ2) is 12.0. The first-order valence-electron chi connectivity index (χ1n) is 15.0. The standard InChI is InChI=1S/C32H33Cl2N3O7/c1-17(38)35-12-10-18(15-35)44-28-25(34)14-24(33)23-11-13-36(29(39)21-8-4-5-9-22(21)32(42)43)26(27(23)28)16-37-30(40)19-6-2-3-7-20(19)31(37)41/h2-3,6-7,14,18,21-22,26H,4-5,8-13,15-16H2,1H3,(H,42,43)/t18?,21-,22+,26-/m1/s1. The Kier molecular flexibility index (Phi) is 8.32. The first-order chi connectivity index (χ1) is 21.1. The molecule has 2 aromatic rings. The fraction of sp³-hybridized carbons (Fsp3) is 0.469. The van der Waals surface area contributed by atoms with Gasteiger partial charge in [-0.25, -0.2) is 0 Å². The van der Waals surface area contributed by atoms with Crippen molar-refractivity contribution in [2.45, 2.75) is 57.6 Å². The van der Waals surface area contributed by atoms with Crippen molar-refractivity contribution < 1.29 is 33.8 Å². The van der Waals surface area contributed by atoms with Crippen molar-refractivity contribution in [2.24, 2.45) is 11.8 Å². The van der Waals surface area contributed by atoms with Crippen LogP contribution in [0.15, 0.2) is 30.3 Å². The molecular weight excluding hydrogens is 609 g/mol. The number of rotatable bonds is 6. The van der Waals surface area contributed by atoms with Crippen molar-refractivity contribution >= 4 is 52.8 Å². The fourth-order valence-corrected chi connectivity index (χ4v) is 7.79. The summed E-state index contributed by atoms with van der Waals surface area (Å²) in [5, 5.41) is 10.5. The maximum absolute atomic E-state index is 14.3. The van der Waals surface area contributed by atoms with Gasteiger partial charge in [-0.15, -0.1) is 0 Å². The number of hydrogen-bond donors (Lipinski definition) is 1. The third-order valence-corrected chi connectivity index (χ3v) is 10.1. The van der Waals surface area contributed by atoms with Crippen molar-refractivity contribution in [2.75, 3.05) is 26.2 Å². The lowest BCUT2D eigenvalue weighted by atomic mass is 9.77. The number of carboxylic acids is 1. The molecule has 12 heteroatoms. The summed E-state index contributed by atoms with van der Waals surface area (Å²) in [6.07, 6.45) is 2.84. The quantitative estimate of drug-likeness (QED) is 0.457. The van der Waals surface area contributed by atoms with E-state index in [1.54, 1.807) is 40.1 Å². The van der Waals surface area contributed by atoms with Crippen LogP contribution in [0.25, 0.3) is 0 Å². The zero-order chi connectivity index (χ0) is 31.3. The first kappa shape index (κ1) is 30.4. The largest absolute Gasteiger partial charge is 0.487 e. The van der Waals surface area contributed by atoms with Crippen LogP contribution >= 0.6 is 23.2 Å².